The van der Waals surface area contributed by atoms with Crippen LogP contribution in [-0.2, 0) is 15.1 Å². The number of hydrogen-bond donors (Lipinski definition) is 2. The second-order valence-electron chi connectivity index (χ2n) is 5.41. The van der Waals surface area contributed by atoms with Gasteiger partial charge >= 0.3 is 0 Å². The number of benzene rings is 1. The summed E-state index contributed by atoms with van der Waals surface area (Å²) in [6, 6.07) is 7.50. The van der Waals surface area contributed by atoms with Crippen LogP contribution in [0, 0.1) is 0 Å². The van der Waals surface area contributed by atoms with Gasteiger partial charge in [-0.05, 0) is 43.9 Å². The number of rotatable bonds is 4. The second kappa shape index (κ2) is 6.70. The molecule has 2 unspecified atom stereocenters. The van der Waals surface area contributed by atoms with Crippen LogP contribution in [0.2, 0.25) is 0 Å². The minimum Gasteiger partial charge on any atom is -0.376 e. The summed E-state index contributed by atoms with van der Waals surface area (Å²) >= 11 is 3.37. The number of amides is 1. The maximum absolute atomic E-state index is 12.3. The lowest BCUT2D eigenvalue weighted by molar-refractivity contribution is -0.127. The molecule has 1 heterocycles. The molecule has 110 valence electrons. The lowest BCUT2D eigenvalue weighted by Gasteiger charge is -2.27. The van der Waals surface area contributed by atoms with Crippen LogP contribution >= 0.6 is 15.9 Å². The van der Waals surface area contributed by atoms with Gasteiger partial charge in [0.25, 0.3) is 0 Å². The van der Waals surface area contributed by atoms with Crippen LogP contribution in [0.4, 0.5) is 0 Å². The molecule has 1 aromatic carbocycles. The molecule has 2 rings (SSSR count). The highest BCUT2D eigenvalue weighted by Crippen LogP contribution is 2.21. The van der Waals surface area contributed by atoms with E-state index < -0.39 is 5.54 Å². The SMILES string of the molecule is CC(N)(C(=O)NCC1CCCCO1)c1ccc(Br)cc1. The summed E-state index contributed by atoms with van der Waals surface area (Å²) in [5.74, 6) is -0.172. The summed E-state index contributed by atoms with van der Waals surface area (Å²) in [5.41, 5.74) is 5.94. The summed E-state index contributed by atoms with van der Waals surface area (Å²) < 4.78 is 6.57. The molecule has 5 heteroatoms. The molecule has 0 spiro atoms. The molecule has 0 radical (unpaired) electrons. The van der Waals surface area contributed by atoms with Crippen molar-refractivity contribution in [1.29, 1.82) is 0 Å². The largest absolute Gasteiger partial charge is 0.376 e. The van der Waals surface area contributed by atoms with Gasteiger partial charge in [-0.1, -0.05) is 28.1 Å². The molecular weight excluding hydrogens is 320 g/mol. The average molecular weight is 341 g/mol. The maximum Gasteiger partial charge on any atom is 0.244 e. The quantitative estimate of drug-likeness (QED) is 0.883. The first-order chi connectivity index (χ1) is 9.50. The molecule has 0 aliphatic carbocycles. The molecular formula is C15H21BrN2O2. The summed E-state index contributed by atoms with van der Waals surface area (Å²) in [7, 11) is 0. The summed E-state index contributed by atoms with van der Waals surface area (Å²) in [4.78, 5) is 12.3. The van der Waals surface area contributed by atoms with Crippen molar-refractivity contribution in [3.05, 3.63) is 34.3 Å². The molecule has 1 amide bonds. The monoisotopic (exact) mass is 340 g/mol. The van der Waals surface area contributed by atoms with E-state index in [1.165, 1.54) is 0 Å². The van der Waals surface area contributed by atoms with E-state index in [1.54, 1.807) is 6.92 Å². The van der Waals surface area contributed by atoms with Gasteiger partial charge < -0.3 is 15.8 Å². The lowest BCUT2D eigenvalue weighted by Crippen LogP contribution is -2.51. The number of carbonyl (C=O) groups excluding carboxylic acids is 1. The molecule has 0 saturated carbocycles. The van der Waals surface area contributed by atoms with Crippen LogP contribution in [0.3, 0.4) is 0 Å². The molecule has 0 bridgehead atoms. The summed E-state index contributed by atoms with van der Waals surface area (Å²) in [6.07, 6.45) is 3.39. The van der Waals surface area contributed by atoms with Crippen molar-refractivity contribution in [2.24, 2.45) is 5.73 Å². The van der Waals surface area contributed by atoms with E-state index in [4.69, 9.17) is 10.5 Å². The van der Waals surface area contributed by atoms with E-state index >= 15 is 0 Å². The first kappa shape index (κ1) is 15.5. The van der Waals surface area contributed by atoms with Gasteiger partial charge in [0.05, 0.1) is 6.10 Å². The van der Waals surface area contributed by atoms with Crippen LogP contribution in [0.1, 0.15) is 31.7 Å². The Balaban J connectivity index is 1.94. The Hall–Kier alpha value is -0.910. The van der Waals surface area contributed by atoms with E-state index in [9.17, 15) is 4.79 Å². The van der Waals surface area contributed by atoms with Gasteiger partial charge in [0.2, 0.25) is 5.91 Å². The fourth-order valence-corrected chi connectivity index (χ4v) is 2.55. The number of hydrogen-bond acceptors (Lipinski definition) is 3. The van der Waals surface area contributed by atoms with Crippen LogP contribution in [0.15, 0.2) is 28.7 Å². The van der Waals surface area contributed by atoms with Crippen molar-refractivity contribution in [2.75, 3.05) is 13.2 Å². The van der Waals surface area contributed by atoms with Gasteiger partial charge in [-0.3, -0.25) is 4.79 Å². The zero-order valence-corrected chi connectivity index (χ0v) is 13.3. The number of nitrogens with one attached hydrogen (secondary N) is 1. The van der Waals surface area contributed by atoms with Crippen LogP contribution in [-0.4, -0.2) is 25.2 Å². The zero-order chi connectivity index (χ0) is 14.6. The van der Waals surface area contributed by atoms with E-state index in [0.29, 0.717) is 6.54 Å². The molecule has 1 fully saturated rings. The van der Waals surface area contributed by atoms with Crippen molar-refractivity contribution in [3.63, 3.8) is 0 Å². The van der Waals surface area contributed by atoms with Crippen molar-refractivity contribution in [1.82, 2.24) is 5.32 Å². The van der Waals surface area contributed by atoms with Crippen molar-refractivity contribution in [3.8, 4) is 0 Å². The van der Waals surface area contributed by atoms with Gasteiger partial charge in [-0.25, -0.2) is 0 Å². The number of halogens is 1. The van der Waals surface area contributed by atoms with Gasteiger partial charge in [0.15, 0.2) is 0 Å². The Labute approximate surface area is 128 Å². The molecule has 1 saturated heterocycles. The second-order valence-corrected chi connectivity index (χ2v) is 6.32. The molecule has 1 aliphatic heterocycles. The predicted octanol–water partition coefficient (Wildman–Crippen LogP) is 2.31. The normalized spacial score (nSPS) is 22.1. The van der Waals surface area contributed by atoms with E-state index in [0.717, 1.165) is 35.9 Å². The highest BCUT2D eigenvalue weighted by atomic mass is 79.9. The predicted molar refractivity (Wildman–Crippen MR) is 82.3 cm³/mol. The summed E-state index contributed by atoms with van der Waals surface area (Å²) in [5, 5.41) is 2.91. The molecule has 0 aromatic heterocycles. The van der Waals surface area contributed by atoms with Crippen molar-refractivity contribution < 1.29 is 9.53 Å². The van der Waals surface area contributed by atoms with Gasteiger partial charge in [-0.2, -0.15) is 0 Å². The van der Waals surface area contributed by atoms with Gasteiger partial charge in [-0.15, -0.1) is 0 Å². The van der Waals surface area contributed by atoms with Crippen LogP contribution < -0.4 is 11.1 Å². The number of carbonyl (C=O) groups is 1. The van der Waals surface area contributed by atoms with Crippen molar-refractivity contribution in [2.45, 2.75) is 37.8 Å². The Morgan fingerprint density at radius 2 is 2.15 bits per heavy atom. The highest BCUT2D eigenvalue weighted by Gasteiger charge is 2.30. The van der Waals surface area contributed by atoms with Crippen molar-refractivity contribution >= 4 is 21.8 Å². The first-order valence-electron chi connectivity index (χ1n) is 6.95. The summed E-state index contributed by atoms with van der Waals surface area (Å²) in [6.45, 7) is 3.04. The van der Waals surface area contributed by atoms with Crippen LogP contribution in [0.5, 0.6) is 0 Å². The average Bonchev–Trinajstić information content (AvgIpc) is 2.46. The van der Waals surface area contributed by atoms with Gasteiger partial charge in [0, 0.05) is 17.6 Å². The molecule has 1 aromatic rings. The Bertz CT molecular complexity index is 453. The molecule has 2 atom stereocenters. The molecule has 4 nitrogen and oxygen atoms in total. The van der Waals surface area contributed by atoms with E-state index in [1.807, 2.05) is 24.3 Å². The van der Waals surface area contributed by atoms with Gasteiger partial charge in [0.1, 0.15) is 5.54 Å². The Morgan fingerprint density at radius 3 is 2.75 bits per heavy atom. The van der Waals surface area contributed by atoms with E-state index in [2.05, 4.69) is 21.2 Å². The minimum absolute atomic E-state index is 0.119. The zero-order valence-electron chi connectivity index (χ0n) is 11.7. The fraction of sp³-hybridized carbons (Fsp3) is 0.533. The standard InChI is InChI=1S/C15H21BrN2O2/c1-15(17,11-5-7-12(16)8-6-11)14(19)18-10-13-4-2-3-9-20-13/h5-8,13H,2-4,9-10,17H2,1H3,(H,18,19). The van der Waals surface area contributed by atoms with E-state index in [-0.39, 0.29) is 12.0 Å². The molecule has 3 N–H and O–H groups in total. The Kier molecular flexibility index (Phi) is 5.18. The third-order valence-electron chi connectivity index (χ3n) is 3.68. The number of ether oxygens (including phenoxy) is 1. The third kappa shape index (κ3) is 3.81. The smallest absolute Gasteiger partial charge is 0.244 e. The first-order valence-corrected chi connectivity index (χ1v) is 7.74. The fourth-order valence-electron chi connectivity index (χ4n) is 2.29. The molecule has 20 heavy (non-hydrogen) atoms. The molecule has 1 aliphatic rings. The third-order valence-corrected chi connectivity index (χ3v) is 4.21. The minimum atomic E-state index is -1.03. The lowest BCUT2D eigenvalue weighted by atomic mass is 9.92. The number of nitrogens with two attached hydrogens (primary N) is 1. The topological polar surface area (TPSA) is 64.4 Å². The Morgan fingerprint density at radius 1 is 1.45 bits per heavy atom. The highest BCUT2D eigenvalue weighted by molar-refractivity contribution is 9.10. The van der Waals surface area contributed by atoms with Crippen LogP contribution in [0.25, 0.3) is 0 Å². The maximum atomic E-state index is 12.3.